The van der Waals surface area contributed by atoms with Gasteiger partial charge in [-0.05, 0) is 30.7 Å². The molecule has 28 heavy (non-hydrogen) atoms. The molecular formula is C21H20ClNO5. The Hall–Kier alpha value is -2.99. The molecule has 0 saturated heterocycles. The molecule has 3 aromatic rings. The molecule has 0 saturated carbocycles. The van der Waals surface area contributed by atoms with Gasteiger partial charge in [-0.1, -0.05) is 23.7 Å². The molecule has 1 aromatic heterocycles. The van der Waals surface area contributed by atoms with Gasteiger partial charge in [-0.25, -0.2) is 9.78 Å². The Labute approximate surface area is 167 Å². The van der Waals surface area contributed by atoms with E-state index in [1.807, 2.05) is 24.3 Å². The van der Waals surface area contributed by atoms with Gasteiger partial charge in [0.1, 0.15) is 16.5 Å². The lowest BCUT2D eigenvalue weighted by Crippen LogP contribution is -2.09. The molecule has 146 valence electrons. The number of methoxy groups -OCH3 is 3. The van der Waals surface area contributed by atoms with Crippen LogP contribution in [0, 0.1) is 0 Å². The Kier molecular flexibility index (Phi) is 5.90. The van der Waals surface area contributed by atoms with Gasteiger partial charge in [0.05, 0.1) is 33.5 Å². The summed E-state index contributed by atoms with van der Waals surface area (Å²) in [5.74, 6) is 1.19. The maximum Gasteiger partial charge on any atom is 0.341 e. The summed E-state index contributed by atoms with van der Waals surface area (Å²) in [6.07, 6.45) is 0. The molecule has 6 nitrogen and oxygen atoms in total. The van der Waals surface area contributed by atoms with Gasteiger partial charge in [0.25, 0.3) is 0 Å². The summed E-state index contributed by atoms with van der Waals surface area (Å²) < 4.78 is 21.2. The molecular weight excluding hydrogens is 382 g/mol. The van der Waals surface area contributed by atoms with Crippen LogP contribution in [0.1, 0.15) is 17.3 Å². The number of hydrogen-bond acceptors (Lipinski definition) is 6. The Bertz CT molecular complexity index is 1020. The maximum atomic E-state index is 12.7. The number of nitrogens with zero attached hydrogens (tertiary/aromatic N) is 1. The average Bonchev–Trinajstić information content (AvgIpc) is 2.72. The van der Waals surface area contributed by atoms with E-state index in [0.717, 1.165) is 5.56 Å². The number of pyridine rings is 1. The van der Waals surface area contributed by atoms with Crippen LogP contribution in [0.4, 0.5) is 0 Å². The smallest absolute Gasteiger partial charge is 0.341 e. The summed E-state index contributed by atoms with van der Waals surface area (Å²) in [6.45, 7) is 1.96. The fourth-order valence-electron chi connectivity index (χ4n) is 3.01. The quantitative estimate of drug-likeness (QED) is 0.438. The zero-order valence-corrected chi connectivity index (χ0v) is 16.8. The van der Waals surface area contributed by atoms with E-state index < -0.39 is 5.97 Å². The van der Waals surface area contributed by atoms with E-state index in [4.69, 9.17) is 30.5 Å². The number of hydrogen-bond donors (Lipinski definition) is 0. The second kappa shape index (κ2) is 8.35. The fourth-order valence-corrected chi connectivity index (χ4v) is 3.27. The molecule has 0 bridgehead atoms. The van der Waals surface area contributed by atoms with Crippen LogP contribution < -0.4 is 14.2 Å². The molecule has 0 aliphatic rings. The molecule has 7 heteroatoms. The predicted molar refractivity (Wildman–Crippen MR) is 108 cm³/mol. The first-order valence-electron chi connectivity index (χ1n) is 8.60. The number of aromatic nitrogens is 1. The van der Waals surface area contributed by atoms with Crippen LogP contribution in [-0.2, 0) is 4.74 Å². The minimum absolute atomic E-state index is 0.0592. The number of benzene rings is 2. The van der Waals surface area contributed by atoms with Gasteiger partial charge in [-0.2, -0.15) is 0 Å². The third kappa shape index (κ3) is 3.55. The van der Waals surface area contributed by atoms with Crippen molar-refractivity contribution >= 4 is 28.5 Å². The summed E-state index contributed by atoms with van der Waals surface area (Å²) in [5, 5.41) is 0.749. The normalized spacial score (nSPS) is 10.6. The lowest BCUT2D eigenvalue weighted by atomic mass is 9.96. The van der Waals surface area contributed by atoms with Gasteiger partial charge in [0.2, 0.25) is 0 Å². The van der Waals surface area contributed by atoms with Crippen molar-refractivity contribution in [3.05, 3.63) is 47.1 Å². The number of carbonyl (C=O) groups is 1. The first kappa shape index (κ1) is 19.8. The minimum Gasteiger partial charge on any atom is -0.497 e. The van der Waals surface area contributed by atoms with Crippen LogP contribution >= 0.6 is 11.6 Å². The van der Waals surface area contributed by atoms with Gasteiger partial charge < -0.3 is 18.9 Å². The number of ether oxygens (including phenoxy) is 4. The van der Waals surface area contributed by atoms with Crippen LogP contribution in [0.2, 0.25) is 5.15 Å². The summed E-state index contributed by atoms with van der Waals surface area (Å²) >= 11 is 6.41. The molecule has 0 N–H and O–H groups in total. The number of rotatable bonds is 6. The van der Waals surface area contributed by atoms with Gasteiger partial charge in [-0.15, -0.1) is 0 Å². The highest BCUT2D eigenvalue weighted by atomic mass is 35.5. The number of esters is 1. The lowest BCUT2D eigenvalue weighted by Gasteiger charge is -2.16. The molecule has 3 rings (SSSR count). The van der Waals surface area contributed by atoms with Crippen molar-refractivity contribution in [3.8, 4) is 28.4 Å². The fraction of sp³-hybridized carbons (Fsp3) is 0.238. The molecule has 0 aliphatic heterocycles. The maximum absolute atomic E-state index is 12.7. The van der Waals surface area contributed by atoms with Crippen LogP contribution in [0.3, 0.4) is 0 Å². The van der Waals surface area contributed by atoms with Gasteiger partial charge in [-0.3, -0.25) is 0 Å². The monoisotopic (exact) mass is 401 g/mol. The zero-order chi connectivity index (χ0) is 20.3. The topological polar surface area (TPSA) is 66.9 Å². The Morgan fingerprint density at radius 2 is 1.64 bits per heavy atom. The molecule has 0 spiro atoms. The first-order valence-corrected chi connectivity index (χ1v) is 8.98. The summed E-state index contributed by atoms with van der Waals surface area (Å²) in [4.78, 5) is 17.1. The first-order chi connectivity index (χ1) is 13.5. The van der Waals surface area contributed by atoms with E-state index in [2.05, 4.69) is 4.98 Å². The molecule has 2 aromatic carbocycles. The van der Waals surface area contributed by atoms with Gasteiger partial charge in [0, 0.05) is 17.0 Å². The van der Waals surface area contributed by atoms with Crippen molar-refractivity contribution in [1.82, 2.24) is 4.98 Å². The highest BCUT2D eigenvalue weighted by Gasteiger charge is 2.24. The van der Waals surface area contributed by atoms with Crippen molar-refractivity contribution in [2.75, 3.05) is 27.9 Å². The predicted octanol–water partition coefficient (Wildman–Crippen LogP) is 4.76. The second-order valence-electron chi connectivity index (χ2n) is 5.83. The van der Waals surface area contributed by atoms with Gasteiger partial charge in [0.15, 0.2) is 11.5 Å². The van der Waals surface area contributed by atoms with Crippen LogP contribution in [-0.4, -0.2) is 38.9 Å². The Morgan fingerprint density at radius 3 is 2.21 bits per heavy atom. The largest absolute Gasteiger partial charge is 0.497 e. The van der Waals surface area contributed by atoms with E-state index in [0.29, 0.717) is 33.7 Å². The molecule has 0 radical (unpaired) electrons. The average molecular weight is 402 g/mol. The van der Waals surface area contributed by atoms with E-state index >= 15 is 0 Å². The Morgan fingerprint density at radius 1 is 1.00 bits per heavy atom. The summed E-state index contributed by atoms with van der Waals surface area (Å²) in [5.41, 5.74) is 2.15. The minimum atomic E-state index is -0.539. The van der Waals surface area contributed by atoms with Crippen molar-refractivity contribution in [2.24, 2.45) is 0 Å². The molecule has 0 fully saturated rings. The molecule has 0 amide bonds. The van der Waals surface area contributed by atoms with Crippen molar-refractivity contribution in [2.45, 2.75) is 6.92 Å². The Balaban J connectivity index is 2.39. The molecule has 0 atom stereocenters. The number of fused-ring (bicyclic) bond motifs is 1. The van der Waals surface area contributed by atoms with Crippen LogP contribution in [0.15, 0.2) is 36.4 Å². The van der Waals surface area contributed by atoms with Crippen molar-refractivity contribution in [1.29, 1.82) is 0 Å². The standard InChI is InChI=1S/C21H20ClNO5/c1-5-28-21(24)19-18(12-6-8-13(25-2)9-7-12)14-10-16(26-3)17(27-4)11-15(14)23-20(19)22/h6-11H,5H2,1-4H3. The highest BCUT2D eigenvalue weighted by Crippen LogP contribution is 2.40. The van der Waals surface area contributed by atoms with Crippen molar-refractivity contribution in [3.63, 3.8) is 0 Å². The highest BCUT2D eigenvalue weighted by molar-refractivity contribution is 6.34. The van der Waals surface area contributed by atoms with E-state index in [-0.39, 0.29) is 17.3 Å². The summed E-state index contributed by atoms with van der Waals surface area (Å²) in [6, 6.07) is 10.8. The number of halogens is 1. The van der Waals surface area contributed by atoms with Gasteiger partial charge >= 0.3 is 5.97 Å². The zero-order valence-electron chi connectivity index (χ0n) is 16.0. The van der Waals surface area contributed by atoms with Crippen molar-refractivity contribution < 1.29 is 23.7 Å². The van der Waals surface area contributed by atoms with E-state index in [9.17, 15) is 4.79 Å². The van der Waals surface area contributed by atoms with Crippen LogP contribution in [0.25, 0.3) is 22.0 Å². The summed E-state index contributed by atoms with van der Waals surface area (Å²) in [7, 11) is 4.68. The molecule has 1 heterocycles. The number of carbonyl (C=O) groups excluding carboxylic acids is 1. The van der Waals surface area contributed by atoms with Crippen LogP contribution in [0.5, 0.6) is 17.2 Å². The molecule has 0 aliphatic carbocycles. The van der Waals surface area contributed by atoms with E-state index in [1.54, 1.807) is 40.4 Å². The third-order valence-corrected chi connectivity index (χ3v) is 4.58. The van der Waals surface area contributed by atoms with E-state index in [1.165, 1.54) is 0 Å². The molecule has 0 unspecified atom stereocenters. The SMILES string of the molecule is CCOC(=O)c1c(Cl)nc2cc(OC)c(OC)cc2c1-c1ccc(OC)cc1. The third-order valence-electron chi connectivity index (χ3n) is 4.30. The second-order valence-corrected chi connectivity index (χ2v) is 6.18. The lowest BCUT2D eigenvalue weighted by molar-refractivity contribution is 0.0527.